The summed E-state index contributed by atoms with van der Waals surface area (Å²) in [5, 5.41) is 0. The normalized spacial score (nSPS) is 19.9. The molecule has 98 valence electrons. The Hall–Kier alpha value is -0.390. The molecule has 1 amide bonds. The summed E-state index contributed by atoms with van der Waals surface area (Å²) in [7, 11) is 0. The van der Waals surface area contributed by atoms with Gasteiger partial charge in [0.15, 0.2) is 0 Å². The van der Waals surface area contributed by atoms with Crippen molar-refractivity contribution in [1.29, 1.82) is 0 Å². The molecule has 0 saturated carbocycles. The highest BCUT2D eigenvalue weighted by molar-refractivity contribution is 9.11. The molecule has 1 saturated heterocycles. The Labute approximate surface area is 124 Å². The van der Waals surface area contributed by atoms with Crippen LogP contribution in [-0.2, 0) is 0 Å². The quantitative estimate of drug-likeness (QED) is 0.863. The van der Waals surface area contributed by atoms with E-state index in [1.54, 1.807) is 0 Å². The Kier molecular flexibility index (Phi) is 4.81. The Morgan fingerprint density at radius 3 is 2.89 bits per heavy atom. The van der Waals surface area contributed by atoms with Gasteiger partial charge >= 0.3 is 0 Å². The average molecular weight is 376 g/mol. The second-order valence-corrected chi connectivity index (χ2v) is 6.39. The van der Waals surface area contributed by atoms with Gasteiger partial charge in [-0.25, -0.2) is 0 Å². The van der Waals surface area contributed by atoms with E-state index in [-0.39, 0.29) is 5.91 Å². The van der Waals surface area contributed by atoms with Crippen LogP contribution in [0.15, 0.2) is 27.1 Å². The third-order valence-electron chi connectivity index (χ3n) is 3.30. The number of hydrogen-bond donors (Lipinski definition) is 1. The number of rotatable bonds is 2. The number of halogens is 2. The van der Waals surface area contributed by atoms with Crippen LogP contribution in [0.5, 0.6) is 0 Å². The van der Waals surface area contributed by atoms with Gasteiger partial charge in [-0.1, -0.05) is 15.9 Å². The number of nitrogens with zero attached hydrogens (tertiary/aromatic N) is 1. The van der Waals surface area contributed by atoms with E-state index in [0.29, 0.717) is 12.5 Å². The predicted molar refractivity (Wildman–Crippen MR) is 79.5 cm³/mol. The molecule has 18 heavy (non-hydrogen) atoms. The predicted octanol–water partition coefficient (Wildman–Crippen LogP) is 3.02. The molecule has 3 nitrogen and oxygen atoms in total. The zero-order valence-corrected chi connectivity index (χ0v) is 13.2. The van der Waals surface area contributed by atoms with Crippen LogP contribution in [0.2, 0.25) is 0 Å². The lowest BCUT2D eigenvalue weighted by atomic mass is 9.97. The highest BCUT2D eigenvalue weighted by atomic mass is 79.9. The SMILES string of the molecule is NCC1CCCN(C(=O)c2ccc(Br)cc2Br)C1. The molecule has 1 aliphatic rings. The average Bonchev–Trinajstić information content (AvgIpc) is 2.38. The molecule has 5 heteroatoms. The summed E-state index contributed by atoms with van der Waals surface area (Å²) in [4.78, 5) is 14.3. The first-order chi connectivity index (χ1) is 8.61. The maximum Gasteiger partial charge on any atom is 0.255 e. The zero-order chi connectivity index (χ0) is 13.1. The van der Waals surface area contributed by atoms with Gasteiger partial charge in [0.2, 0.25) is 0 Å². The maximum absolute atomic E-state index is 12.4. The van der Waals surface area contributed by atoms with Crippen molar-refractivity contribution >= 4 is 37.8 Å². The lowest BCUT2D eigenvalue weighted by Crippen LogP contribution is -2.42. The topological polar surface area (TPSA) is 46.3 Å². The fourth-order valence-electron chi connectivity index (χ4n) is 2.28. The molecule has 1 aromatic carbocycles. The minimum Gasteiger partial charge on any atom is -0.338 e. The van der Waals surface area contributed by atoms with Crippen LogP contribution < -0.4 is 5.73 Å². The second-order valence-electron chi connectivity index (χ2n) is 4.62. The van der Waals surface area contributed by atoms with E-state index >= 15 is 0 Å². The molecule has 1 fully saturated rings. The van der Waals surface area contributed by atoms with Crippen LogP contribution >= 0.6 is 31.9 Å². The lowest BCUT2D eigenvalue weighted by Gasteiger charge is -2.32. The molecule has 2 N–H and O–H groups in total. The van der Waals surface area contributed by atoms with Gasteiger partial charge in [-0.15, -0.1) is 0 Å². The standard InChI is InChI=1S/C13H16Br2N2O/c14-10-3-4-11(12(15)6-10)13(18)17-5-1-2-9(7-16)8-17/h3-4,6,9H,1-2,5,7-8,16H2. The van der Waals surface area contributed by atoms with Crippen LogP contribution in [0.1, 0.15) is 23.2 Å². The fourth-order valence-corrected chi connectivity index (χ4v) is 3.49. The molecule has 0 aromatic heterocycles. The van der Waals surface area contributed by atoms with Gasteiger partial charge in [0.25, 0.3) is 5.91 Å². The smallest absolute Gasteiger partial charge is 0.255 e. The Balaban J connectivity index is 2.15. The third-order valence-corrected chi connectivity index (χ3v) is 4.45. The monoisotopic (exact) mass is 374 g/mol. The van der Waals surface area contributed by atoms with Crippen molar-refractivity contribution in [2.24, 2.45) is 11.7 Å². The summed E-state index contributed by atoms with van der Waals surface area (Å²) in [6, 6.07) is 5.64. The minimum absolute atomic E-state index is 0.0903. The number of carbonyl (C=O) groups is 1. The number of piperidine rings is 1. The summed E-state index contributed by atoms with van der Waals surface area (Å²) in [5.74, 6) is 0.532. The Morgan fingerprint density at radius 1 is 1.44 bits per heavy atom. The van der Waals surface area contributed by atoms with Crippen molar-refractivity contribution < 1.29 is 4.79 Å². The highest BCUT2D eigenvalue weighted by Crippen LogP contribution is 2.25. The van der Waals surface area contributed by atoms with Crippen LogP contribution in [0.4, 0.5) is 0 Å². The molecule has 0 radical (unpaired) electrons. The van der Waals surface area contributed by atoms with E-state index in [0.717, 1.165) is 40.4 Å². The van der Waals surface area contributed by atoms with Gasteiger partial charge < -0.3 is 10.6 Å². The van der Waals surface area contributed by atoms with Crippen LogP contribution in [0, 0.1) is 5.92 Å². The van der Waals surface area contributed by atoms with E-state index in [2.05, 4.69) is 31.9 Å². The number of likely N-dealkylation sites (tertiary alicyclic amines) is 1. The number of benzene rings is 1. The number of nitrogens with two attached hydrogens (primary N) is 1. The molecular formula is C13H16Br2N2O. The van der Waals surface area contributed by atoms with Crippen molar-refractivity contribution in [3.8, 4) is 0 Å². The third kappa shape index (κ3) is 3.13. The number of carbonyl (C=O) groups excluding carboxylic acids is 1. The van der Waals surface area contributed by atoms with E-state index < -0.39 is 0 Å². The van der Waals surface area contributed by atoms with Crippen molar-refractivity contribution in [2.75, 3.05) is 19.6 Å². The molecule has 0 bridgehead atoms. The van der Waals surface area contributed by atoms with Gasteiger partial charge in [0, 0.05) is 22.0 Å². The first-order valence-corrected chi connectivity index (χ1v) is 7.65. The minimum atomic E-state index is 0.0903. The first kappa shape index (κ1) is 14.0. The largest absolute Gasteiger partial charge is 0.338 e. The van der Waals surface area contributed by atoms with Crippen molar-refractivity contribution in [1.82, 2.24) is 4.90 Å². The van der Waals surface area contributed by atoms with Gasteiger partial charge in [-0.2, -0.15) is 0 Å². The lowest BCUT2D eigenvalue weighted by molar-refractivity contribution is 0.0677. The summed E-state index contributed by atoms with van der Waals surface area (Å²) >= 11 is 6.84. The van der Waals surface area contributed by atoms with Gasteiger partial charge in [-0.05, 0) is 59.4 Å². The van der Waals surface area contributed by atoms with Crippen LogP contribution in [-0.4, -0.2) is 30.4 Å². The van der Waals surface area contributed by atoms with E-state index in [4.69, 9.17) is 5.73 Å². The van der Waals surface area contributed by atoms with Crippen LogP contribution in [0.25, 0.3) is 0 Å². The molecule has 2 rings (SSSR count). The molecular weight excluding hydrogens is 360 g/mol. The van der Waals surface area contributed by atoms with E-state index in [1.165, 1.54) is 0 Å². The fraction of sp³-hybridized carbons (Fsp3) is 0.462. The van der Waals surface area contributed by atoms with Crippen molar-refractivity contribution in [2.45, 2.75) is 12.8 Å². The first-order valence-electron chi connectivity index (χ1n) is 6.06. The van der Waals surface area contributed by atoms with Gasteiger partial charge in [0.05, 0.1) is 5.56 Å². The molecule has 0 spiro atoms. The summed E-state index contributed by atoms with van der Waals surface area (Å²) < 4.78 is 1.79. The summed E-state index contributed by atoms with van der Waals surface area (Å²) in [6.45, 7) is 2.26. The molecule has 1 unspecified atom stereocenters. The Morgan fingerprint density at radius 2 is 2.22 bits per heavy atom. The summed E-state index contributed by atoms with van der Waals surface area (Å²) in [5.41, 5.74) is 6.42. The maximum atomic E-state index is 12.4. The molecule has 1 aromatic rings. The van der Waals surface area contributed by atoms with E-state index in [1.807, 2.05) is 23.1 Å². The van der Waals surface area contributed by atoms with Gasteiger partial charge in [-0.3, -0.25) is 4.79 Å². The molecule has 1 aliphatic heterocycles. The van der Waals surface area contributed by atoms with Crippen molar-refractivity contribution in [3.63, 3.8) is 0 Å². The zero-order valence-electron chi connectivity index (χ0n) is 10.0. The number of hydrogen-bond acceptors (Lipinski definition) is 2. The Bertz CT molecular complexity index is 451. The highest BCUT2D eigenvalue weighted by Gasteiger charge is 2.24. The summed E-state index contributed by atoms with van der Waals surface area (Å²) in [6.07, 6.45) is 2.17. The van der Waals surface area contributed by atoms with Crippen LogP contribution in [0.3, 0.4) is 0 Å². The second kappa shape index (κ2) is 6.17. The molecule has 1 atom stereocenters. The van der Waals surface area contributed by atoms with E-state index in [9.17, 15) is 4.79 Å². The van der Waals surface area contributed by atoms with Crippen molar-refractivity contribution in [3.05, 3.63) is 32.7 Å². The van der Waals surface area contributed by atoms with Gasteiger partial charge in [0.1, 0.15) is 0 Å². The molecule has 0 aliphatic carbocycles. The number of amides is 1. The molecule has 1 heterocycles.